The predicted molar refractivity (Wildman–Crippen MR) is 67.8 cm³/mol. The van der Waals surface area contributed by atoms with E-state index in [-0.39, 0.29) is 0 Å². The Morgan fingerprint density at radius 1 is 1.39 bits per heavy atom. The zero-order valence-electron chi connectivity index (χ0n) is 10.5. The van der Waals surface area contributed by atoms with Gasteiger partial charge in [-0.05, 0) is 18.9 Å². The molecule has 0 heterocycles. The van der Waals surface area contributed by atoms with E-state index in [2.05, 4.69) is 5.32 Å². The standard InChI is InChI=1S/C13H18N2O3/c1-3-10(14)11(16)15-13(2,12(17)18)9-7-5-4-6-8-9/h4-8,10H,3,14H2,1-2H3,(H,15,16)(H,17,18). The summed E-state index contributed by atoms with van der Waals surface area (Å²) in [7, 11) is 0. The number of carbonyl (C=O) groups is 2. The first-order chi connectivity index (χ1) is 8.41. The second-order valence-electron chi connectivity index (χ2n) is 4.30. The fraction of sp³-hybridized carbons (Fsp3) is 0.385. The molecule has 1 aromatic rings. The van der Waals surface area contributed by atoms with Crippen LogP contribution in [0.25, 0.3) is 0 Å². The summed E-state index contributed by atoms with van der Waals surface area (Å²) in [6, 6.07) is 7.85. The van der Waals surface area contributed by atoms with Gasteiger partial charge in [-0.1, -0.05) is 37.3 Å². The van der Waals surface area contributed by atoms with E-state index >= 15 is 0 Å². The van der Waals surface area contributed by atoms with Crippen LogP contribution in [0.15, 0.2) is 30.3 Å². The number of carboxylic acids is 1. The Morgan fingerprint density at radius 2 is 1.94 bits per heavy atom. The highest BCUT2D eigenvalue weighted by Gasteiger charge is 2.37. The van der Waals surface area contributed by atoms with Gasteiger partial charge in [-0.15, -0.1) is 0 Å². The molecule has 18 heavy (non-hydrogen) atoms. The van der Waals surface area contributed by atoms with Gasteiger partial charge in [0, 0.05) is 0 Å². The van der Waals surface area contributed by atoms with Gasteiger partial charge in [-0.3, -0.25) is 4.79 Å². The van der Waals surface area contributed by atoms with Crippen LogP contribution in [0, 0.1) is 0 Å². The van der Waals surface area contributed by atoms with E-state index < -0.39 is 23.5 Å². The van der Waals surface area contributed by atoms with Crippen LogP contribution in [0.3, 0.4) is 0 Å². The number of carbonyl (C=O) groups excluding carboxylic acids is 1. The molecule has 1 amide bonds. The maximum absolute atomic E-state index is 11.8. The van der Waals surface area contributed by atoms with Gasteiger partial charge >= 0.3 is 5.97 Å². The van der Waals surface area contributed by atoms with E-state index in [1.165, 1.54) is 6.92 Å². The summed E-state index contributed by atoms with van der Waals surface area (Å²) in [5.41, 5.74) is 4.64. The summed E-state index contributed by atoms with van der Waals surface area (Å²) in [6.07, 6.45) is 0.455. The van der Waals surface area contributed by atoms with Crippen molar-refractivity contribution in [1.29, 1.82) is 0 Å². The summed E-state index contributed by atoms with van der Waals surface area (Å²) in [5, 5.41) is 11.8. The molecule has 0 aliphatic heterocycles. The molecule has 1 aromatic carbocycles. The predicted octanol–water partition coefficient (Wildman–Crippen LogP) is 0.840. The summed E-state index contributed by atoms with van der Waals surface area (Å²) in [6.45, 7) is 3.22. The SMILES string of the molecule is CCC(N)C(=O)NC(C)(C(=O)O)c1ccccc1. The Hall–Kier alpha value is -1.88. The fourth-order valence-electron chi connectivity index (χ4n) is 1.55. The van der Waals surface area contributed by atoms with Crippen LogP contribution in [-0.2, 0) is 15.1 Å². The molecule has 4 N–H and O–H groups in total. The Kier molecular flexibility index (Phi) is 4.44. The minimum atomic E-state index is -1.47. The highest BCUT2D eigenvalue weighted by atomic mass is 16.4. The van der Waals surface area contributed by atoms with Crippen LogP contribution in [0.2, 0.25) is 0 Å². The van der Waals surface area contributed by atoms with Crippen LogP contribution in [0.4, 0.5) is 0 Å². The zero-order chi connectivity index (χ0) is 13.8. The molecule has 2 atom stereocenters. The molecule has 0 fully saturated rings. The van der Waals surface area contributed by atoms with Crippen molar-refractivity contribution in [2.75, 3.05) is 0 Å². The Morgan fingerprint density at radius 3 is 2.39 bits per heavy atom. The topological polar surface area (TPSA) is 92.4 Å². The van der Waals surface area contributed by atoms with Gasteiger partial charge in [0.05, 0.1) is 6.04 Å². The number of nitrogens with one attached hydrogen (secondary N) is 1. The fourth-order valence-corrected chi connectivity index (χ4v) is 1.55. The third kappa shape index (κ3) is 2.87. The van der Waals surface area contributed by atoms with E-state index in [1.54, 1.807) is 37.3 Å². The van der Waals surface area contributed by atoms with Crippen molar-refractivity contribution >= 4 is 11.9 Å². The van der Waals surface area contributed by atoms with Crippen molar-refractivity contribution in [3.05, 3.63) is 35.9 Å². The third-order valence-corrected chi connectivity index (χ3v) is 2.93. The number of carboxylic acid groups (broad SMARTS) is 1. The molecule has 0 saturated carbocycles. The Labute approximate surface area is 106 Å². The van der Waals surface area contributed by atoms with E-state index in [0.29, 0.717) is 12.0 Å². The van der Waals surface area contributed by atoms with Crippen LogP contribution >= 0.6 is 0 Å². The molecule has 0 radical (unpaired) electrons. The lowest BCUT2D eigenvalue weighted by atomic mass is 9.91. The summed E-state index contributed by atoms with van der Waals surface area (Å²) in [5.74, 6) is -1.59. The average molecular weight is 250 g/mol. The smallest absolute Gasteiger partial charge is 0.333 e. The Balaban J connectivity index is 3.03. The molecular formula is C13H18N2O3. The van der Waals surface area contributed by atoms with Crippen LogP contribution in [0.1, 0.15) is 25.8 Å². The summed E-state index contributed by atoms with van der Waals surface area (Å²) in [4.78, 5) is 23.2. The molecule has 2 unspecified atom stereocenters. The maximum atomic E-state index is 11.8. The van der Waals surface area contributed by atoms with Crippen molar-refractivity contribution in [2.45, 2.75) is 31.8 Å². The van der Waals surface area contributed by atoms with Gasteiger partial charge in [0.15, 0.2) is 5.54 Å². The van der Waals surface area contributed by atoms with E-state index in [0.717, 1.165) is 0 Å². The molecule has 0 aromatic heterocycles. The molecule has 0 spiro atoms. The van der Waals surface area contributed by atoms with Gasteiger partial charge in [-0.2, -0.15) is 0 Å². The number of amides is 1. The van der Waals surface area contributed by atoms with Crippen molar-refractivity contribution in [3.8, 4) is 0 Å². The maximum Gasteiger partial charge on any atom is 0.333 e. The molecule has 0 aliphatic carbocycles. The van der Waals surface area contributed by atoms with Gasteiger partial charge in [0.25, 0.3) is 0 Å². The van der Waals surface area contributed by atoms with Crippen molar-refractivity contribution in [3.63, 3.8) is 0 Å². The number of hydrogen-bond donors (Lipinski definition) is 3. The minimum absolute atomic E-state index is 0.455. The lowest BCUT2D eigenvalue weighted by molar-refractivity contribution is -0.147. The first-order valence-electron chi connectivity index (χ1n) is 5.78. The van der Waals surface area contributed by atoms with Crippen molar-refractivity contribution < 1.29 is 14.7 Å². The molecule has 0 saturated heterocycles. The largest absolute Gasteiger partial charge is 0.479 e. The highest BCUT2D eigenvalue weighted by molar-refractivity contribution is 5.90. The first-order valence-corrected chi connectivity index (χ1v) is 5.78. The second kappa shape index (κ2) is 5.64. The molecule has 5 heteroatoms. The van der Waals surface area contributed by atoms with Gasteiger partial charge in [-0.25, -0.2) is 4.79 Å². The number of rotatable bonds is 5. The first kappa shape index (κ1) is 14.2. The van der Waals surface area contributed by atoms with Crippen molar-refractivity contribution in [1.82, 2.24) is 5.32 Å². The zero-order valence-corrected chi connectivity index (χ0v) is 10.5. The second-order valence-corrected chi connectivity index (χ2v) is 4.30. The lowest BCUT2D eigenvalue weighted by Gasteiger charge is -2.28. The quantitative estimate of drug-likeness (QED) is 0.722. The molecule has 98 valence electrons. The third-order valence-electron chi connectivity index (χ3n) is 2.93. The number of nitrogens with two attached hydrogens (primary N) is 1. The van der Waals surface area contributed by atoms with E-state index in [1.807, 2.05) is 0 Å². The molecular weight excluding hydrogens is 232 g/mol. The molecule has 5 nitrogen and oxygen atoms in total. The monoisotopic (exact) mass is 250 g/mol. The molecule has 0 bridgehead atoms. The average Bonchev–Trinajstić information content (AvgIpc) is 2.38. The van der Waals surface area contributed by atoms with Crippen molar-refractivity contribution in [2.24, 2.45) is 5.73 Å². The summed E-state index contributed by atoms with van der Waals surface area (Å²) < 4.78 is 0. The van der Waals surface area contributed by atoms with Gasteiger partial charge in [0.2, 0.25) is 5.91 Å². The van der Waals surface area contributed by atoms with Gasteiger partial charge < -0.3 is 16.2 Å². The Bertz CT molecular complexity index is 433. The van der Waals surface area contributed by atoms with Crippen LogP contribution in [0.5, 0.6) is 0 Å². The lowest BCUT2D eigenvalue weighted by Crippen LogP contribution is -2.54. The van der Waals surface area contributed by atoms with Crippen LogP contribution in [-0.4, -0.2) is 23.0 Å². The minimum Gasteiger partial charge on any atom is -0.479 e. The molecule has 1 rings (SSSR count). The van der Waals surface area contributed by atoms with E-state index in [9.17, 15) is 14.7 Å². The number of aliphatic carboxylic acids is 1. The molecule has 0 aliphatic rings. The van der Waals surface area contributed by atoms with E-state index in [4.69, 9.17) is 5.73 Å². The normalized spacial score (nSPS) is 15.5. The highest BCUT2D eigenvalue weighted by Crippen LogP contribution is 2.21. The number of benzene rings is 1. The van der Waals surface area contributed by atoms with Crippen LogP contribution < -0.4 is 11.1 Å². The summed E-state index contributed by atoms with van der Waals surface area (Å²) >= 11 is 0. The van der Waals surface area contributed by atoms with Gasteiger partial charge in [0.1, 0.15) is 0 Å². The number of hydrogen-bond acceptors (Lipinski definition) is 3.